The molecule has 0 saturated heterocycles. The standard InChI is InChI=1S/C11H14NO2P/c1-15(14,10-6-3-2-4-7-10)11-8-5-9-12(11)13/h2-4,6-7,9,11H,5,8H2,1H3. The van der Waals surface area contributed by atoms with E-state index in [-0.39, 0.29) is 5.78 Å². The van der Waals surface area contributed by atoms with E-state index in [4.69, 9.17) is 0 Å². The molecular formula is C11H14NO2P. The second-order valence-corrected chi connectivity index (χ2v) is 7.02. The van der Waals surface area contributed by atoms with Gasteiger partial charge in [0.25, 0.3) is 0 Å². The summed E-state index contributed by atoms with van der Waals surface area (Å²) in [5.74, 6) is -0.361. The number of nitrogens with zero attached hydrogens (tertiary/aromatic N) is 1. The van der Waals surface area contributed by atoms with E-state index in [2.05, 4.69) is 0 Å². The molecule has 3 nitrogen and oxygen atoms in total. The molecule has 2 rings (SSSR count). The summed E-state index contributed by atoms with van der Waals surface area (Å²) in [6.45, 7) is 1.71. The predicted octanol–water partition coefficient (Wildman–Crippen LogP) is 2.01. The monoisotopic (exact) mass is 223 g/mol. The molecule has 0 N–H and O–H groups in total. The summed E-state index contributed by atoms with van der Waals surface area (Å²) in [4.78, 5) is 0. The fourth-order valence-corrected chi connectivity index (χ4v) is 4.24. The molecule has 2 atom stereocenters. The quantitative estimate of drug-likeness (QED) is 0.437. The molecule has 0 saturated carbocycles. The van der Waals surface area contributed by atoms with Gasteiger partial charge in [-0.15, -0.1) is 0 Å². The van der Waals surface area contributed by atoms with Crippen LogP contribution in [0, 0.1) is 5.21 Å². The summed E-state index contributed by atoms with van der Waals surface area (Å²) in [6.07, 6.45) is 3.02. The van der Waals surface area contributed by atoms with Crippen LogP contribution in [-0.4, -0.2) is 23.4 Å². The Morgan fingerprint density at radius 3 is 2.60 bits per heavy atom. The topological polar surface area (TPSA) is 43.1 Å². The zero-order valence-corrected chi connectivity index (χ0v) is 9.56. The van der Waals surface area contributed by atoms with Crippen molar-refractivity contribution in [2.75, 3.05) is 6.66 Å². The molecule has 80 valence electrons. The number of hydroxylamine groups is 1. The van der Waals surface area contributed by atoms with E-state index >= 15 is 0 Å². The van der Waals surface area contributed by atoms with Gasteiger partial charge in [-0.2, -0.15) is 0 Å². The van der Waals surface area contributed by atoms with Crippen LogP contribution in [0.15, 0.2) is 30.3 Å². The zero-order chi connectivity index (χ0) is 10.9. The maximum absolute atomic E-state index is 12.6. The summed E-state index contributed by atoms with van der Waals surface area (Å²) in [7, 11) is -2.57. The fourth-order valence-electron chi connectivity index (χ4n) is 1.96. The Hall–Kier alpha value is -1.08. The van der Waals surface area contributed by atoms with E-state index in [0.29, 0.717) is 6.42 Å². The first-order valence-electron chi connectivity index (χ1n) is 5.04. The van der Waals surface area contributed by atoms with Crippen molar-refractivity contribution in [3.8, 4) is 0 Å². The summed E-state index contributed by atoms with van der Waals surface area (Å²) in [5, 5.41) is 12.3. The zero-order valence-electron chi connectivity index (χ0n) is 8.67. The van der Waals surface area contributed by atoms with Crippen molar-refractivity contribution in [1.29, 1.82) is 0 Å². The molecule has 1 aromatic carbocycles. The Kier molecular flexibility index (Phi) is 2.66. The second kappa shape index (κ2) is 3.82. The van der Waals surface area contributed by atoms with Gasteiger partial charge in [-0.25, -0.2) is 4.74 Å². The van der Waals surface area contributed by atoms with Gasteiger partial charge in [-0.3, -0.25) is 0 Å². The van der Waals surface area contributed by atoms with Gasteiger partial charge in [-0.05, 0) is 6.66 Å². The normalized spacial score (nSPS) is 24.6. The molecule has 0 aromatic heterocycles. The third-order valence-corrected chi connectivity index (χ3v) is 5.81. The Morgan fingerprint density at radius 1 is 1.40 bits per heavy atom. The van der Waals surface area contributed by atoms with Gasteiger partial charge in [0.15, 0.2) is 13.4 Å². The van der Waals surface area contributed by atoms with E-state index < -0.39 is 7.14 Å². The highest BCUT2D eigenvalue weighted by atomic mass is 31.2. The van der Waals surface area contributed by atoms with E-state index in [9.17, 15) is 9.77 Å². The predicted molar refractivity (Wildman–Crippen MR) is 62.3 cm³/mol. The van der Waals surface area contributed by atoms with E-state index in [0.717, 1.165) is 16.5 Å². The number of hydrogen-bond acceptors (Lipinski definition) is 2. The summed E-state index contributed by atoms with van der Waals surface area (Å²) >= 11 is 0. The lowest BCUT2D eigenvalue weighted by molar-refractivity contribution is -0.462. The van der Waals surface area contributed by atoms with Crippen molar-refractivity contribution < 1.29 is 9.30 Å². The molecule has 2 unspecified atom stereocenters. The Labute approximate surface area is 89.4 Å². The first-order chi connectivity index (χ1) is 7.12. The molecule has 0 bridgehead atoms. The van der Waals surface area contributed by atoms with Crippen LogP contribution < -0.4 is 5.30 Å². The van der Waals surface area contributed by atoms with Crippen molar-refractivity contribution >= 4 is 18.7 Å². The van der Waals surface area contributed by atoms with Crippen LogP contribution in [0.3, 0.4) is 0 Å². The molecule has 0 aliphatic carbocycles. The van der Waals surface area contributed by atoms with Crippen molar-refractivity contribution in [3.05, 3.63) is 35.5 Å². The van der Waals surface area contributed by atoms with Gasteiger partial charge >= 0.3 is 0 Å². The molecule has 0 spiro atoms. The Bertz CT molecular complexity index is 427. The van der Waals surface area contributed by atoms with Gasteiger partial charge < -0.3 is 9.77 Å². The molecular weight excluding hydrogens is 209 g/mol. The molecule has 1 aromatic rings. The van der Waals surface area contributed by atoms with Crippen LogP contribution in [0.4, 0.5) is 0 Å². The SMILES string of the molecule is CP(=O)(c1ccccc1)C1CCC=[N+]1[O-]. The minimum absolute atomic E-state index is 0.361. The van der Waals surface area contributed by atoms with Gasteiger partial charge in [0.2, 0.25) is 5.78 Å². The molecule has 1 aliphatic heterocycles. The molecule has 0 amide bonds. The molecule has 0 radical (unpaired) electrons. The first-order valence-corrected chi connectivity index (χ1v) is 7.26. The van der Waals surface area contributed by atoms with Crippen LogP contribution in [0.5, 0.6) is 0 Å². The minimum Gasteiger partial charge on any atom is -0.623 e. The number of hydrogen-bond donors (Lipinski definition) is 0. The average molecular weight is 223 g/mol. The lowest BCUT2D eigenvalue weighted by Gasteiger charge is -2.19. The molecule has 1 aliphatic rings. The molecule has 15 heavy (non-hydrogen) atoms. The summed E-state index contributed by atoms with van der Waals surface area (Å²) < 4.78 is 13.4. The van der Waals surface area contributed by atoms with Crippen LogP contribution in [0.2, 0.25) is 0 Å². The Balaban J connectivity index is 2.36. The van der Waals surface area contributed by atoms with Crippen molar-refractivity contribution in [2.24, 2.45) is 0 Å². The highest BCUT2D eigenvalue weighted by Gasteiger charge is 2.38. The number of benzene rings is 1. The smallest absolute Gasteiger partial charge is 0.217 e. The highest BCUT2D eigenvalue weighted by Crippen LogP contribution is 2.48. The van der Waals surface area contributed by atoms with Gasteiger partial charge in [0, 0.05) is 18.1 Å². The maximum Gasteiger partial charge on any atom is 0.217 e. The lowest BCUT2D eigenvalue weighted by atomic mass is 10.4. The van der Waals surface area contributed by atoms with Crippen molar-refractivity contribution in [1.82, 2.24) is 0 Å². The van der Waals surface area contributed by atoms with Crippen LogP contribution in [0.1, 0.15) is 12.8 Å². The van der Waals surface area contributed by atoms with E-state index in [1.54, 1.807) is 12.9 Å². The maximum atomic E-state index is 12.6. The summed E-state index contributed by atoms with van der Waals surface area (Å²) in [6, 6.07) is 9.29. The molecule has 4 heteroatoms. The average Bonchev–Trinajstić information content (AvgIpc) is 2.66. The van der Waals surface area contributed by atoms with Crippen LogP contribution in [-0.2, 0) is 4.57 Å². The van der Waals surface area contributed by atoms with Crippen molar-refractivity contribution in [3.63, 3.8) is 0 Å². The van der Waals surface area contributed by atoms with Gasteiger partial charge in [-0.1, -0.05) is 30.3 Å². The fraction of sp³-hybridized carbons (Fsp3) is 0.364. The molecule has 0 fully saturated rings. The summed E-state index contributed by atoms with van der Waals surface area (Å²) in [5.41, 5.74) is 0. The third-order valence-electron chi connectivity index (χ3n) is 2.87. The van der Waals surface area contributed by atoms with Crippen LogP contribution in [0.25, 0.3) is 0 Å². The third kappa shape index (κ3) is 1.84. The second-order valence-electron chi connectivity index (χ2n) is 3.93. The minimum atomic E-state index is -2.57. The van der Waals surface area contributed by atoms with Gasteiger partial charge in [0.05, 0.1) is 0 Å². The van der Waals surface area contributed by atoms with Crippen molar-refractivity contribution in [2.45, 2.75) is 18.6 Å². The highest BCUT2D eigenvalue weighted by molar-refractivity contribution is 7.71. The lowest BCUT2D eigenvalue weighted by Crippen LogP contribution is -2.22. The Morgan fingerprint density at radius 2 is 2.07 bits per heavy atom. The largest absolute Gasteiger partial charge is 0.623 e. The van der Waals surface area contributed by atoms with Crippen LogP contribution >= 0.6 is 7.14 Å². The van der Waals surface area contributed by atoms with Gasteiger partial charge in [0.1, 0.15) is 0 Å². The molecule has 1 heterocycles. The van der Waals surface area contributed by atoms with E-state index in [1.807, 2.05) is 30.3 Å². The first kappa shape index (κ1) is 10.4. The number of rotatable bonds is 2. The van der Waals surface area contributed by atoms with E-state index in [1.165, 1.54) is 0 Å².